The summed E-state index contributed by atoms with van der Waals surface area (Å²) in [5, 5.41) is 8.75. The van der Waals surface area contributed by atoms with Gasteiger partial charge in [-0.3, -0.25) is 4.79 Å². The second kappa shape index (κ2) is 5.15. The molecular formula is C14H18O2. The van der Waals surface area contributed by atoms with Crippen LogP contribution >= 0.6 is 0 Å². The number of carboxylic acids is 1. The van der Waals surface area contributed by atoms with Crippen LogP contribution in [0.25, 0.3) is 0 Å². The van der Waals surface area contributed by atoms with Crippen molar-refractivity contribution in [3.05, 3.63) is 35.9 Å². The molecule has 2 nitrogen and oxygen atoms in total. The molecule has 1 aromatic rings. The van der Waals surface area contributed by atoms with E-state index in [1.54, 1.807) is 0 Å². The van der Waals surface area contributed by atoms with E-state index in [1.807, 2.05) is 6.07 Å². The van der Waals surface area contributed by atoms with Gasteiger partial charge in [0.15, 0.2) is 0 Å². The Morgan fingerprint density at radius 1 is 1.12 bits per heavy atom. The Labute approximate surface area is 96.3 Å². The summed E-state index contributed by atoms with van der Waals surface area (Å²) in [5.41, 5.74) is 1.41. The predicted octanol–water partition coefficient (Wildman–Crippen LogP) is 3.44. The number of aliphatic carboxylic acids is 1. The number of benzene rings is 1. The van der Waals surface area contributed by atoms with E-state index in [0.717, 1.165) is 25.7 Å². The normalized spacial score (nSPS) is 25.2. The number of hydrogen-bond acceptors (Lipinski definition) is 1. The highest BCUT2D eigenvalue weighted by Crippen LogP contribution is 2.36. The summed E-state index contributed by atoms with van der Waals surface area (Å²) in [6.07, 6.45) is 4.75. The van der Waals surface area contributed by atoms with Crippen LogP contribution in [0.15, 0.2) is 30.3 Å². The van der Waals surface area contributed by atoms with E-state index < -0.39 is 5.97 Å². The van der Waals surface area contributed by atoms with Gasteiger partial charge in [0.25, 0.3) is 0 Å². The summed E-state index contributed by atoms with van der Waals surface area (Å²) in [5.74, 6) is 0.395. The minimum atomic E-state index is -0.650. The maximum absolute atomic E-state index is 10.6. The summed E-state index contributed by atoms with van der Waals surface area (Å²) in [6.45, 7) is 0. The zero-order chi connectivity index (χ0) is 11.4. The minimum Gasteiger partial charge on any atom is -0.481 e. The third kappa shape index (κ3) is 2.84. The lowest BCUT2D eigenvalue weighted by Crippen LogP contribution is -2.16. The van der Waals surface area contributed by atoms with E-state index in [4.69, 9.17) is 5.11 Å². The third-order valence-corrected chi connectivity index (χ3v) is 3.58. The van der Waals surface area contributed by atoms with Crippen LogP contribution in [0.5, 0.6) is 0 Å². The average molecular weight is 218 g/mol. The molecule has 0 saturated heterocycles. The van der Waals surface area contributed by atoms with E-state index in [9.17, 15) is 4.79 Å². The Balaban J connectivity index is 1.88. The second-order valence-electron chi connectivity index (χ2n) is 4.73. The van der Waals surface area contributed by atoms with Crippen LogP contribution in [0.2, 0.25) is 0 Å². The molecule has 1 saturated carbocycles. The highest BCUT2D eigenvalue weighted by Gasteiger charge is 2.23. The Bertz CT molecular complexity index is 337. The SMILES string of the molecule is O=C(O)CC1CCC(c2ccccc2)CC1. The predicted molar refractivity (Wildman–Crippen MR) is 63.4 cm³/mol. The molecule has 0 bridgehead atoms. The van der Waals surface area contributed by atoms with Crippen LogP contribution < -0.4 is 0 Å². The van der Waals surface area contributed by atoms with Gasteiger partial charge < -0.3 is 5.11 Å². The van der Waals surface area contributed by atoms with Crippen LogP contribution in [-0.2, 0) is 4.79 Å². The van der Waals surface area contributed by atoms with Gasteiger partial charge in [0.05, 0.1) is 0 Å². The molecule has 0 aliphatic heterocycles. The highest BCUT2D eigenvalue weighted by molar-refractivity contribution is 5.67. The number of carboxylic acid groups (broad SMARTS) is 1. The number of hydrogen-bond donors (Lipinski definition) is 1. The zero-order valence-corrected chi connectivity index (χ0v) is 9.43. The van der Waals surface area contributed by atoms with Crippen molar-refractivity contribution >= 4 is 5.97 Å². The fourth-order valence-electron chi connectivity index (χ4n) is 2.67. The van der Waals surface area contributed by atoms with Crippen LogP contribution in [0.1, 0.15) is 43.6 Å². The van der Waals surface area contributed by atoms with Crippen LogP contribution in [-0.4, -0.2) is 11.1 Å². The highest BCUT2D eigenvalue weighted by atomic mass is 16.4. The van der Waals surface area contributed by atoms with E-state index in [-0.39, 0.29) is 0 Å². The Hall–Kier alpha value is -1.31. The first-order chi connectivity index (χ1) is 7.75. The molecule has 1 N–H and O–H groups in total. The fourth-order valence-corrected chi connectivity index (χ4v) is 2.67. The number of carbonyl (C=O) groups is 1. The van der Waals surface area contributed by atoms with Crippen molar-refractivity contribution < 1.29 is 9.90 Å². The molecule has 0 amide bonds. The lowest BCUT2D eigenvalue weighted by molar-refractivity contribution is -0.138. The van der Waals surface area contributed by atoms with Gasteiger partial charge in [-0.05, 0) is 43.1 Å². The third-order valence-electron chi connectivity index (χ3n) is 3.58. The summed E-state index contributed by atoms with van der Waals surface area (Å²) in [7, 11) is 0. The minimum absolute atomic E-state index is 0.349. The molecule has 0 aromatic heterocycles. The molecule has 0 radical (unpaired) electrons. The number of rotatable bonds is 3. The topological polar surface area (TPSA) is 37.3 Å². The van der Waals surface area contributed by atoms with Gasteiger partial charge in [-0.2, -0.15) is 0 Å². The van der Waals surface area contributed by atoms with Crippen LogP contribution in [0.4, 0.5) is 0 Å². The molecule has 16 heavy (non-hydrogen) atoms. The van der Waals surface area contributed by atoms with Gasteiger partial charge in [-0.25, -0.2) is 0 Å². The van der Waals surface area contributed by atoms with Crippen molar-refractivity contribution in [1.82, 2.24) is 0 Å². The smallest absolute Gasteiger partial charge is 0.303 e. The van der Waals surface area contributed by atoms with E-state index in [0.29, 0.717) is 18.3 Å². The zero-order valence-electron chi connectivity index (χ0n) is 9.43. The first kappa shape index (κ1) is 11.2. The van der Waals surface area contributed by atoms with E-state index >= 15 is 0 Å². The average Bonchev–Trinajstić information content (AvgIpc) is 2.30. The quantitative estimate of drug-likeness (QED) is 0.843. The Morgan fingerprint density at radius 2 is 1.75 bits per heavy atom. The lowest BCUT2D eigenvalue weighted by atomic mass is 9.77. The van der Waals surface area contributed by atoms with Crippen molar-refractivity contribution in [2.45, 2.75) is 38.0 Å². The molecule has 1 fully saturated rings. The summed E-state index contributed by atoms with van der Waals surface area (Å²) in [4.78, 5) is 10.6. The maximum Gasteiger partial charge on any atom is 0.303 e. The lowest BCUT2D eigenvalue weighted by Gasteiger charge is -2.27. The van der Waals surface area contributed by atoms with Crippen molar-refractivity contribution in [1.29, 1.82) is 0 Å². The Kier molecular flexibility index (Phi) is 3.60. The van der Waals surface area contributed by atoms with Crippen LogP contribution in [0, 0.1) is 5.92 Å². The van der Waals surface area contributed by atoms with Gasteiger partial charge in [0.1, 0.15) is 0 Å². The van der Waals surface area contributed by atoms with Gasteiger partial charge >= 0.3 is 5.97 Å². The summed E-state index contributed by atoms with van der Waals surface area (Å²) >= 11 is 0. The molecular weight excluding hydrogens is 200 g/mol. The second-order valence-corrected chi connectivity index (χ2v) is 4.73. The largest absolute Gasteiger partial charge is 0.481 e. The molecule has 0 atom stereocenters. The standard InChI is InChI=1S/C14H18O2/c15-14(16)10-11-6-8-13(9-7-11)12-4-2-1-3-5-12/h1-5,11,13H,6-10H2,(H,15,16). The van der Waals surface area contributed by atoms with Crippen molar-refractivity contribution in [3.8, 4) is 0 Å². The molecule has 1 aliphatic rings. The molecule has 0 spiro atoms. The molecule has 2 heteroatoms. The molecule has 0 unspecified atom stereocenters. The molecule has 0 heterocycles. The van der Waals surface area contributed by atoms with Crippen LogP contribution in [0.3, 0.4) is 0 Å². The van der Waals surface area contributed by atoms with Crippen molar-refractivity contribution in [2.75, 3.05) is 0 Å². The maximum atomic E-state index is 10.6. The van der Waals surface area contributed by atoms with E-state index in [2.05, 4.69) is 24.3 Å². The molecule has 1 aromatic carbocycles. The monoisotopic (exact) mass is 218 g/mol. The van der Waals surface area contributed by atoms with Crippen molar-refractivity contribution in [2.24, 2.45) is 5.92 Å². The first-order valence-corrected chi connectivity index (χ1v) is 6.02. The first-order valence-electron chi connectivity index (χ1n) is 6.02. The molecule has 2 rings (SSSR count). The molecule has 86 valence electrons. The van der Waals surface area contributed by atoms with E-state index in [1.165, 1.54) is 5.56 Å². The van der Waals surface area contributed by atoms with Gasteiger partial charge in [-0.1, -0.05) is 30.3 Å². The summed E-state index contributed by atoms with van der Waals surface area (Å²) in [6, 6.07) is 10.6. The van der Waals surface area contributed by atoms with Gasteiger partial charge in [-0.15, -0.1) is 0 Å². The molecule has 1 aliphatic carbocycles. The summed E-state index contributed by atoms with van der Waals surface area (Å²) < 4.78 is 0. The van der Waals surface area contributed by atoms with Gasteiger partial charge in [0.2, 0.25) is 0 Å². The fraction of sp³-hybridized carbons (Fsp3) is 0.500. The van der Waals surface area contributed by atoms with Crippen molar-refractivity contribution in [3.63, 3.8) is 0 Å². The van der Waals surface area contributed by atoms with Gasteiger partial charge in [0, 0.05) is 6.42 Å². The Morgan fingerprint density at radius 3 is 2.31 bits per heavy atom.